The Morgan fingerprint density at radius 2 is 1.24 bits per heavy atom. The van der Waals surface area contributed by atoms with Gasteiger partial charge in [-0.25, -0.2) is 8.78 Å². The van der Waals surface area contributed by atoms with Crippen molar-refractivity contribution in [3.63, 3.8) is 0 Å². The monoisotopic (exact) mass is 952 g/mol. The molecule has 0 unspecified atom stereocenters. The number of Topliss-reactive ketones (excluding diaryl/α,β-unsaturated/α-hetero) is 2. The Morgan fingerprint density at radius 1 is 0.774 bits per heavy atom. The molecule has 0 spiro atoms. The topological polar surface area (TPSA) is 156 Å². The molecule has 2 aromatic carbocycles. The third-order valence-corrected chi connectivity index (χ3v) is 9.55. The first kappa shape index (κ1) is 51.1. The van der Waals surface area contributed by atoms with Gasteiger partial charge in [0.1, 0.15) is 35.2 Å². The van der Waals surface area contributed by atoms with Crippen molar-refractivity contribution >= 4 is 60.9 Å². The average Bonchev–Trinajstić information content (AvgIpc) is 3.70. The predicted octanol–water partition coefficient (Wildman–Crippen LogP) is 5.71. The second-order valence-electron chi connectivity index (χ2n) is 13.3. The van der Waals surface area contributed by atoms with Gasteiger partial charge in [-0.3, -0.25) is 19.4 Å². The minimum absolute atomic E-state index is 0. The number of alkyl halides is 7. The summed E-state index contributed by atoms with van der Waals surface area (Å²) in [4.78, 5) is 36.5. The Labute approximate surface area is 375 Å². The van der Waals surface area contributed by atoms with E-state index in [9.17, 15) is 63.7 Å². The normalized spacial score (nSPS) is 13.2. The number of fused-ring (bicyclic) bond motifs is 2. The molecule has 4 aromatic heterocycles. The van der Waals surface area contributed by atoms with Crippen LogP contribution in [0.15, 0.2) is 60.9 Å². The molecule has 4 heterocycles. The molecule has 12 nitrogen and oxygen atoms in total. The van der Waals surface area contributed by atoms with Gasteiger partial charge in [0.2, 0.25) is 11.9 Å². The fourth-order valence-electron chi connectivity index (χ4n) is 5.18. The number of carbonyl (C=O) groups is 2. The number of rotatable bonds is 9. The van der Waals surface area contributed by atoms with Crippen LogP contribution in [0.1, 0.15) is 37.5 Å². The molecule has 3 N–H and O–H groups in total. The van der Waals surface area contributed by atoms with Gasteiger partial charge >= 0.3 is 41.9 Å². The first-order valence-corrected chi connectivity index (χ1v) is 18.0. The summed E-state index contributed by atoms with van der Waals surface area (Å²) in [7, 11) is 0. The van der Waals surface area contributed by atoms with Gasteiger partial charge in [-0.05, 0) is 50.2 Å². The maximum Gasteiger partial charge on any atom is 1.00 e. The first-order valence-electron chi connectivity index (χ1n) is 16.9. The summed E-state index contributed by atoms with van der Waals surface area (Å²) in [6, 6.07) is 8.29. The van der Waals surface area contributed by atoms with Crippen LogP contribution >= 0.6 is 15.9 Å². The molecular weight excluding hydrogens is 925 g/mol. The Morgan fingerprint density at radius 3 is 1.71 bits per heavy atom. The Hall–Kier alpha value is -5.30. The fraction of sp³-hybridized carbons (Fsp3) is 0.263. The van der Waals surface area contributed by atoms with Crippen molar-refractivity contribution in [2.45, 2.75) is 56.8 Å². The number of halogens is 11. The van der Waals surface area contributed by atoms with E-state index in [1.165, 1.54) is 25.1 Å². The van der Waals surface area contributed by atoms with Crippen molar-refractivity contribution in [3.8, 4) is 0 Å². The van der Waals surface area contributed by atoms with E-state index < -0.39 is 101 Å². The largest absolute Gasteiger partial charge is 1.00 e. The maximum absolute atomic E-state index is 13.9. The first-order chi connectivity index (χ1) is 28.3. The van der Waals surface area contributed by atoms with Crippen molar-refractivity contribution in [2.75, 3.05) is 5.33 Å². The molecule has 0 aliphatic heterocycles. The van der Waals surface area contributed by atoms with E-state index in [0.29, 0.717) is 17.6 Å². The minimum atomic E-state index is -4.84. The number of aliphatic hydroxyl groups is 2. The zero-order valence-electron chi connectivity index (χ0n) is 33.1. The quantitative estimate of drug-likeness (QED) is 0.0722. The van der Waals surface area contributed by atoms with Gasteiger partial charge in [-0.2, -0.15) is 40.2 Å². The van der Waals surface area contributed by atoms with Gasteiger partial charge in [0, 0.05) is 29.3 Å². The minimum Gasteiger partial charge on any atom is -1.00 e. The number of H-pyrrole nitrogens is 1. The van der Waals surface area contributed by atoms with Gasteiger partial charge in [0.25, 0.3) is 11.6 Å². The molecule has 6 aromatic rings. The molecule has 0 saturated heterocycles. The maximum atomic E-state index is 13.9. The number of nitrogens with zero attached hydrogens (tertiary/aromatic N) is 7. The molecule has 0 fully saturated rings. The molecule has 0 saturated carbocycles. The fourth-order valence-corrected chi connectivity index (χ4v) is 5.49. The van der Waals surface area contributed by atoms with E-state index in [2.05, 4.69) is 50.9 Å². The molecule has 24 heteroatoms. The van der Waals surface area contributed by atoms with Crippen molar-refractivity contribution < 1.29 is 94.7 Å². The molecule has 0 amide bonds. The summed E-state index contributed by atoms with van der Waals surface area (Å²) < 4.78 is 131. The molecule has 62 heavy (non-hydrogen) atoms. The molecular formula is C38H28BrF10N8NaO4. The smallest absolute Gasteiger partial charge is 1.00 e. The summed E-state index contributed by atoms with van der Waals surface area (Å²) in [5.74, 6) is -5.88. The Balaban J connectivity index is 0.000000355. The van der Waals surface area contributed by atoms with Gasteiger partial charge < -0.3 is 21.3 Å². The summed E-state index contributed by atoms with van der Waals surface area (Å²) in [5.41, 5.74) is -5.86. The van der Waals surface area contributed by atoms with Crippen LogP contribution in [0.4, 0.5) is 55.5 Å². The van der Waals surface area contributed by atoms with E-state index in [-0.39, 0.29) is 63.7 Å². The zero-order valence-corrected chi connectivity index (χ0v) is 35.7. The van der Waals surface area contributed by atoms with Crippen LogP contribution in [0.25, 0.3) is 31.5 Å². The van der Waals surface area contributed by atoms with E-state index in [1.807, 2.05) is 0 Å². The molecule has 0 radical (unpaired) electrons. The molecule has 0 aliphatic rings. The average molecular weight is 954 g/mol. The summed E-state index contributed by atoms with van der Waals surface area (Å²) in [6.45, 7) is 15.3. The summed E-state index contributed by atoms with van der Waals surface area (Å²) >= 11 is 2.95. The number of nitrogens with one attached hydrogen (secondary N) is 1. The van der Waals surface area contributed by atoms with Gasteiger partial charge in [-0.1, -0.05) is 41.2 Å². The molecule has 0 bridgehead atoms. The van der Waals surface area contributed by atoms with Crippen LogP contribution in [0.5, 0.6) is 0 Å². The second kappa shape index (κ2) is 20.3. The molecule has 322 valence electrons. The van der Waals surface area contributed by atoms with Gasteiger partial charge in [-0.15, -0.1) is 15.1 Å². The summed E-state index contributed by atoms with van der Waals surface area (Å²) in [6.07, 6.45) is -8.59. The Kier molecular flexibility index (Phi) is 16.7. The Bertz CT molecular complexity index is 2700. The van der Waals surface area contributed by atoms with Crippen LogP contribution < -0.4 is 29.6 Å². The standard InChI is InChI=1S/C19H13F5N4O2.C12H10BrF3N2O2.C7H4F2N2.Na.H/c1-18(30,9-28-14-4-3-11(20)7-12(14)16(21)27-28)15(29)6-10-5-13(19(22,23)24)17(25-2)26-8-10;1-11(20,6-13)9(19)4-7-3-8(12(14,15)16)10(17-2)18-5-7;8-4-1-2-6-5(3-4)7(9)11-10-6;;/h3-5,7-8,30H,6,9H2,1H3;3,5,20H,4,6H2,1H3;1-3H,(H,10,11);;/q;;;+1;-1/t18-;11-;;;/m00.../s1. The number of hydrogen-bond donors (Lipinski definition) is 3. The second-order valence-corrected chi connectivity index (χ2v) is 13.9. The number of benzene rings is 2. The van der Waals surface area contributed by atoms with Crippen LogP contribution in [-0.4, -0.2) is 68.3 Å². The van der Waals surface area contributed by atoms with Crippen LogP contribution in [-0.2, 0) is 41.3 Å². The number of hydrogen-bond acceptors (Lipinski definition) is 8. The third-order valence-electron chi connectivity index (χ3n) is 8.45. The van der Waals surface area contributed by atoms with E-state index in [1.54, 1.807) is 0 Å². The van der Waals surface area contributed by atoms with Crippen LogP contribution in [0, 0.1) is 36.7 Å². The van der Waals surface area contributed by atoms with E-state index in [4.69, 9.17) is 13.1 Å². The molecule has 0 aliphatic carbocycles. The third kappa shape index (κ3) is 12.6. The number of carbonyl (C=O) groups excluding carboxylic acids is 2. The number of ketones is 2. The number of aromatic nitrogens is 6. The van der Waals surface area contributed by atoms with Crippen molar-refractivity contribution in [1.82, 2.24) is 29.9 Å². The summed E-state index contributed by atoms with van der Waals surface area (Å²) in [5, 5.41) is 29.5. The number of aromatic amines is 1. The molecule has 6 rings (SSSR count). The van der Waals surface area contributed by atoms with Gasteiger partial charge in [0.05, 0.1) is 39.5 Å². The zero-order chi connectivity index (χ0) is 45.7. The van der Waals surface area contributed by atoms with E-state index in [0.717, 1.165) is 42.2 Å². The van der Waals surface area contributed by atoms with Crippen molar-refractivity contribution in [3.05, 3.63) is 130 Å². The van der Waals surface area contributed by atoms with Crippen molar-refractivity contribution in [1.29, 1.82) is 0 Å². The van der Waals surface area contributed by atoms with E-state index >= 15 is 0 Å². The van der Waals surface area contributed by atoms with Crippen molar-refractivity contribution in [2.24, 2.45) is 0 Å². The SMILES string of the molecule is Fc1ccc2n[nH]c(F)c2c1.[C-]#[N+]c1ncc(CC(=O)[C@@](C)(O)CBr)cc1C(F)(F)F.[C-]#[N+]c1ncc(CC(=O)[C@@](C)(O)Cn2nc(F)c3cc(F)ccc32)cc1C(F)(F)F.[H-].[Na+]. The van der Waals surface area contributed by atoms with Gasteiger partial charge in [0.15, 0.2) is 11.6 Å². The van der Waals surface area contributed by atoms with Crippen LogP contribution in [0.3, 0.4) is 0 Å². The predicted molar refractivity (Wildman–Crippen MR) is 200 cm³/mol. The van der Waals surface area contributed by atoms with Crippen LogP contribution in [0.2, 0.25) is 0 Å². The number of pyridine rings is 2. The molecule has 2 atom stereocenters.